The summed E-state index contributed by atoms with van der Waals surface area (Å²) >= 11 is 0. The summed E-state index contributed by atoms with van der Waals surface area (Å²) in [6, 6.07) is 1.14. The summed E-state index contributed by atoms with van der Waals surface area (Å²) in [5, 5.41) is 9.01. The standard InChI is InChI=1S/C13H14F2O3/c1-13(2,12(16)17)6-8-9(14)5-10-7(11(8)15)3-4-18-10/h5H,3-4,6H2,1-2H3,(H,16,17). The normalized spacial score (nSPS) is 14.2. The van der Waals surface area contributed by atoms with Crippen molar-refractivity contribution in [1.82, 2.24) is 0 Å². The number of aliphatic carboxylic acids is 1. The van der Waals surface area contributed by atoms with E-state index in [-0.39, 0.29) is 17.7 Å². The van der Waals surface area contributed by atoms with Crippen molar-refractivity contribution >= 4 is 5.97 Å². The molecule has 0 atom stereocenters. The zero-order chi connectivity index (χ0) is 13.5. The molecule has 1 aliphatic rings. The average molecular weight is 256 g/mol. The van der Waals surface area contributed by atoms with Crippen LogP contribution in [0.15, 0.2) is 6.07 Å². The van der Waals surface area contributed by atoms with Crippen LogP contribution in [0.5, 0.6) is 5.75 Å². The largest absolute Gasteiger partial charge is 0.493 e. The lowest BCUT2D eigenvalue weighted by Crippen LogP contribution is -2.27. The highest BCUT2D eigenvalue weighted by molar-refractivity contribution is 5.74. The number of halogens is 2. The lowest BCUT2D eigenvalue weighted by Gasteiger charge is -2.20. The van der Waals surface area contributed by atoms with Crippen LogP contribution >= 0.6 is 0 Å². The van der Waals surface area contributed by atoms with Gasteiger partial charge in [-0.25, -0.2) is 8.78 Å². The number of carboxylic acids is 1. The zero-order valence-electron chi connectivity index (χ0n) is 10.2. The van der Waals surface area contributed by atoms with Crippen LogP contribution in [0.2, 0.25) is 0 Å². The van der Waals surface area contributed by atoms with Gasteiger partial charge in [-0.3, -0.25) is 4.79 Å². The molecule has 1 aliphatic heterocycles. The molecule has 1 aromatic rings. The van der Waals surface area contributed by atoms with Gasteiger partial charge in [0.05, 0.1) is 12.0 Å². The molecule has 0 aliphatic carbocycles. The van der Waals surface area contributed by atoms with Crippen molar-refractivity contribution in [3.8, 4) is 5.75 Å². The minimum Gasteiger partial charge on any atom is -0.493 e. The number of rotatable bonds is 3. The second kappa shape index (κ2) is 4.23. The van der Waals surface area contributed by atoms with E-state index in [0.717, 1.165) is 6.07 Å². The van der Waals surface area contributed by atoms with Gasteiger partial charge >= 0.3 is 5.97 Å². The smallest absolute Gasteiger partial charge is 0.309 e. The summed E-state index contributed by atoms with van der Waals surface area (Å²) < 4.78 is 33.0. The van der Waals surface area contributed by atoms with Crippen LogP contribution in [-0.2, 0) is 17.6 Å². The lowest BCUT2D eigenvalue weighted by molar-refractivity contribution is -0.146. The van der Waals surface area contributed by atoms with Crippen LogP contribution in [0.25, 0.3) is 0 Å². The van der Waals surface area contributed by atoms with Crippen molar-refractivity contribution in [2.24, 2.45) is 5.41 Å². The number of hydrogen-bond donors (Lipinski definition) is 1. The van der Waals surface area contributed by atoms with Crippen molar-refractivity contribution in [2.75, 3.05) is 6.61 Å². The molecule has 3 nitrogen and oxygen atoms in total. The Morgan fingerprint density at radius 3 is 2.78 bits per heavy atom. The number of carbonyl (C=O) groups is 1. The fourth-order valence-corrected chi connectivity index (χ4v) is 1.99. The number of benzene rings is 1. The van der Waals surface area contributed by atoms with E-state index in [2.05, 4.69) is 0 Å². The Morgan fingerprint density at radius 2 is 2.17 bits per heavy atom. The van der Waals surface area contributed by atoms with Crippen LogP contribution in [0.4, 0.5) is 8.78 Å². The van der Waals surface area contributed by atoms with E-state index < -0.39 is 23.0 Å². The molecule has 0 unspecified atom stereocenters. The Morgan fingerprint density at radius 1 is 1.50 bits per heavy atom. The summed E-state index contributed by atoms with van der Waals surface area (Å²) in [4.78, 5) is 11.0. The van der Waals surface area contributed by atoms with E-state index in [1.54, 1.807) is 0 Å². The van der Waals surface area contributed by atoms with E-state index in [9.17, 15) is 13.6 Å². The Bertz CT molecular complexity index is 509. The highest BCUT2D eigenvalue weighted by atomic mass is 19.1. The van der Waals surface area contributed by atoms with E-state index in [4.69, 9.17) is 9.84 Å². The first-order chi connectivity index (χ1) is 8.33. The number of fused-ring (bicyclic) bond motifs is 1. The summed E-state index contributed by atoms with van der Waals surface area (Å²) in [5.74, 6) is -2.28. The van der Waals surface area contributed by atoms with Crippen molar-refractivity contribution < 1.29 is 23.4 Å². The molecule has 5 heteroatoms. The maximum Gasteiger partial charge on any atom is 0.309 e. The van der Waals surface area contributed by atoms with Gasteiger partial charge in [0.15, 0.2) is 0 Å². The van der Waals surface area contributed by atoms with Gasteiger partial charge in [0, 0.05) is 23.6 Å². The predicted octanol–water partition coefficient (Wildman–Crippen LogP) is 2.55. The summed E-state index contributed by atoms with van der Waals surface area (Å²) in [7, 11) is 0. The predicted molar refractivity (Wildman–Crippen MR) is 60.7 cm³/mol. The molecule has 1 heterocycles. The molecule has 98 valence electrons. The fourth-order valence-electron chi connectivity index (χ4n) is 1.99. The molecule has 0 spiro atoms. The molecular weight excluding hydrogens is 242 g/mol. The lowest BCUT2D eigenvalue weighted by atomic mass is 9.85. The highest BCUT2D eigenvalue weighted by Gasteiger charge is 2.32. The number of hydrogen-bond acceptors (Lipinski definition) is 2. The first-order valence-corrected chi connectivity index (χ1v) is 5.69. The second-order valence-electron chi connectivity index (χ2n) is 5.09. The van der Waals surface area contributed by atoms with E-state index in [1.165, 1.54) is 13.8 Å². The van der Waals surface area contributed by atoms with Gasteiger partial charge in [0.25, 0.3) is 0 Å². The molecule has 0 bridgehead atoms. The maximum atomic E-state index is 14.1. The summed E-state index contributed by atoms with van der Waals surface area (Å²) in [6.45, 7) is 3.22. The van der Waals surface area contributed by atoms with E-state index in [1.807, 2.05) is 0 Å². The van der Waals surface area contributed by atoms with Gasteiger partial charge in [0.2, 0.25) is 0 Å². The van der Waals surface area contributed by atoms with Gasteiger partial charge in [-0.05, 0) is 20.3 Å². The summed E-state index contributed by atoms with van der Waals surface area (Å²) in [6.07, 6.45) is 0.204. The van der Waals surface area contributed by atoms with Gasteiger partial charge in [-0.1, -0.05) is 0 Å². The third-order valence-corrected chi connectivity index (χ3v) is 3.18. The van der Waals surface area contributed by atoms with E-state index in [0.29, 0.717) is 18.6 Å². The molecular formula is C13H14F2O3. The fraction of sp³-hybridized carbons (Fsp3) is 0.462. The Balaban J connectivity index is 2.43. The molecule has 1 N–H and O–H groups in total. The van der Waals surface area contributed by atoms with Crippen LogP contribution < -0.4 is 4.74 Å². The molecule has 0 saturated heterocycles. The Kier molecular flexibility index (Phi) is 3.00. The molecule has 18 heavy (non-hydrogen) atoms. The van der Waals surface area contributed by atoms with Crippen LogP contribution in [0.1, 0.15) is 25.0 Å². The quantitative estimate of drug-likeness (QED) is 0.904. The Hall–Kier alpha value is -1.65. The molecule has 0 saturated carbocycles. The molecule has 1 aromatic carbocycles. The third kappa shape index (κ3) is 2.05. The highest BCUT2D eigenvalue weighted by Crippen LogP contribution is 2.34. The topological polar surface area (TPSA) is 46.5 Å². The first-order valence-electron chi connectivity index (χ1n) is 5.69. The van der Waals surface area contributed by atoms with Gasteiger partial charge in [-0.2, -0.15) is 0 Å². The molecule has 0 amide bonds. The van der Waals surface area contributed by atoms with Crippen molar-refractivity contribution in [3.63, 3.8) is 0 Å². The average Bonchev–Trinajstić information content (AvgIpc) is 2.72. The van der Waals surface area contributed by atoms with E-state index >= 15 is 0 Å². The van der Waals surface area contributed by atoms with Crippen LogP contribution in [-0.4, -0.2) is 17.7 Å². The Labute approximate surface area is 103 Å². The molecule has 0 aromatic heterocycles. The van der Waals surface area contributed by atoms with Crippen molar-refractivity contribution in [2.45, 2.75) is 26.7 Å². The van der Waals surface area contributed by atoms with Crippen LogP contribution in [0.3, 0.4) is 0 Å². The SMILES string of the molecule is CC(C)(Cc1c(F)cc2c(c1F)CCO2)C(=O)O. The van der Waals surface area contributed by atoms with Gasteiger partial charge in [0.1, 0.15) is 17.4 Å². The monoisotopic (exact) mass is 256 g/mol. The van der Waals surface area contributed by atoms with Crippen LogP contribution in [0, 0.1) is 17.0 Å². The first kappa shape index (κ1) is 12.8. The minimum absolute atomic E-state index is 0.174. The molecule has 0 radical (unpaired) electrons. The molecule has 2 rings (SSSR count). The molecule has 0 fully saturated rings. The van der Waals surface area contributed by atoms with Crippen molar-refractivity contribution in [3.05, 3.63) is 28.8 Å². The maximum absolute atomic E-state index is 14.1. The minimum atomic E-state index is -1.21. The number of carboxylic acid groups (broad SMARTS) is 1. The number of ether oxygens (including phenoxy) is 1. The van der Waals surface area contributed by atoms with Gasteiger partial charge in [-0.15, -0.1) is 0 Å². The summed E-state index contributed by atoms with van der Waals surface area (Å²) in [5.41, 5.74) is -1.05. The zero-order valence-corrected chi connectivity index (χ0v) is 10.2. The van der Waals surface area contributed by atoms with Gasteiger partial charge < -0.3 is 9.84 Å². The third-order valence-electron chi connectivity index (χ3n) is 3.18. The van der Waals surface area contributed by atoms with Crippen molar-refractivity contribution in [1.29, 1.82) is 0 Å². The second-order valence-corrected chi connectivity index (χ2v) is 5.09.